The fourth-order valence-electron chi connectivity index (χ4n) is 11.9. The average Bonchev–Trinajstić information content (AvgIpc) is 4.28. The molecular formula is C56H68F2N8O7. The number of nitrogens with zero attached hydrogens (tertiary/aromatic N) is 6. The van der Waals surface area contributed by atoms with Crippen LogP contribution >= 0.6 is 0 Å². The first-order valence-electron chi connectivity index (χ1n) is 26.8. The van der Waals surface area contributed by atoms with Gasteiger partial charge in [0.05, 0.1) is 41.0 Å². The van der Waals surface area contributed by atoms with Crippen LogP contribution in [0.1, 0.15) is 127 Å². The summed E-state index contributed by atoms with van der Waals surface area (Å²) in [6.07, 6.45) is 11.5. The number of H-pyrrole nitrogens is 1. The molecule has 1 aromatic heterocycles. The second-order valence-electron chi connectivity index (χ2n) is 21.3. The number of carbonyl (C=O) groups excluding carboxylic acids is 5. The van der Waals surface area contributed by atoms with Crippen molar-refractivity contribution in [3.63, 3.8) is 0 Å². The summed E-state index contributed by atoms with van der Waals surface area (Å²) in [4.78, 5) is 89.8. The lowest BCUT2D eigenvalue weighted by Gasteiger charge is -2.40. The van der Waals surface area contributed by atoms with Crippen LogP contribution in [-0.2, 0) is 25.5 Å². The van der Waals surface area contributed by atoms with E-state index in [1.165, 1.54) is 12.1 Å². The molecule has 2 saturated carbocycles. The monoisotopic (exact) mass is 1000 g/mol. The highest BCUT2D eigenvalue weighted by molar-refractivity contribution is 5.98. The van der Waals surface area contributed by atoms with Crippen LogP contribution in [0.2, 0.25) is 0 Å². The molecule has 2 unspecified atom stereocenters. The van der Waals surface area contributed by atoms with Gasteiger partial charge < -0.3 is 29.7 Å². The number of likely N-dealkylation sites (tertiary alicyclic amines) is 3. The zero-order valence-electron chi connectivity index (χ0n) is 41.7. The Balaban J connectivity index is 0.664. The summed E-state index contributed by atoms with van der Waals surface area (Å²) >= 11 is 0. The maximum absolute atomic E-state index is 15.4. The first kappa shape index (κ1) is 50.5. The van der Waals surface area contributed by atoms with E-state index in [4.69, 9.17) is 4.74 Å². The number of aromatic amines is 1. The van der Waals surface area contributed by atoms with E-state index in [2.05, 4.69) is 20.4 Å². The van der Waals surface area contributed by atoms with E-state index in [0.717, 1.165) is 82.7 Å². The van der Waals surface area contributed by atoms with Gasteiger partial charge in [-0.1, -0.05) is 49.6 Å². The fourth-order valence-corrected chi connectivity index (χ4v) is 11.9. The molecule has 388 valence electrons. The number of carbonyl (C=O) groups is 5. The van der Waals surface area contributed by atoms with Crippen molar-refractivity contribution in [3.8, 4) is 0 Å². The quantitative estimate of drug-likeness (QED) is 0.162. The number of rotatable bonds is 13. The first-order valence-corrected chi connectivity index (χ1v) is 26.8. The summed E-state index contributed by atoms with van der Waals surface area (Å²) in [5.74, 6) is -2.03. The maximum Gasteiger partial charge on any atom is 0.272 e. The molecule has 17 heteroatoms. The summed E-state index contributed by atoms with van der Waals surface area (Å²) in [6, 6.07) is 15.5. The lowest BCUT2D eigenvalue weighted by molar-refractivity contribution is -0.140. The standard InChI is InChI=1S/C56H68F2N8O7/c57-47-17-15-39(40-9-6-22-66(34-40)54(70)38-13-14-38)33-45(47)52(68)59-51(37-7-2-1-3-8-37)56(72)64-25-20-42(21-26-64)73-41-18-23-62(24-19-41)35-50(67)63-27-29-65(30-28-63)55(71)46-31-36(12-16-48(46)58)32-49-43-10-4-5-11-44(43)53(69)61-60-49/h4-5,10-12,15-17,31,33,37-38,40-42,51H,1-3,6-9,13-14,18-30,32,34-35H2,(H,59,68)(H,61,69). The van der Waals surface area contributed by atoms with E-state index in [1.807, 2.05) is 21.9 Å². The minimum Gasteiger partial charge on any atom is -0.375 e. The number of amides is 5. The van der Waals surface area contributed by atoms with Crippen LogP contribution in [0.4, 0.5) is 8.78 Å². The molecule has 5 amide bonds. The van der Waals surface area contributed by atoms with Crippen LogP contribution in [0.5, 0.6) is 0 Å². The van der Waals surface area contributed by atoms with Gasteiger partial charge in [-0.2, -0.15) is 5.10 Å². The Labute approximate surface area is 425 Å². The van der Waals surface area contributed by atoms with E-state index < -0.39 is 29.5 Å². The van der Waals surface area contributed by atoms with Gasteiger partial charge in [-0.05, 0) is 112 Å². The van der Waals surface area contributed by atoms with Crippen molar-refractivity contribution in [2.45, 2.75) is 114 Å². The Kier molecular flexibility index (Phi) is 15.6. The topological polar surface area (TPSA) is 169 Å². The largest absolute Gasteiger partial charge is 0.375 e. The van der Waals surface area contributed by atoms with Crippen molar-refractivity contribution >= 4 is 40.3 Å². The van der Waals surface area contributed by atoms with Gasteiger partial charge in [0.25, 0.3) is 17.4 Å². The number of hydrogen-bond acceptors (Lipinski definition) is 9. The van der Waals surface area contributed by atoms with E-state index >= 15 is 8.78 Å². The minimum absolute atomic E-state index is 0.00711. The zero-order chi connectivity index (χ0) is 50.6. The average molecular weight is 1000 g/mol. The molecule has 0 radical (unpaired) electrons. The fraction of sp³-hybridized carbons (Fsp3) is 0.554. The predicted octanol–water partition coefficient (Wildman–Crippen LogP) is 6.04. The Morgan fingerprint density at radius 1 is 0.671 bits per heavy atom. The molecule has 6 aliphatic rings. The molecule has 3 aromatic carbocycles. The number of aromatic nitrogens is 2. The molecule has 0 spiro atoms. The molecule has 73 heavy (non-hydrogen) atoms. The van der Waals surface area contributed by atoms with Gasteiger partial charge in [-0.25, -0.2) is 13.9 Å². The van der Waals surface area contributed by atoms with Gasteiger partial charge in [-0.15, -0.1) is 0 Å². The maximum atomic E-state index is 15.4. The lowest BCUT2D eigenvalue weighted by atomic mass is 9.83. The number of ether oxygens (including phenoxy) is 1. The Morgan fingerprint density at radius 2 is 1.34 bits per heavy atom. The number of piperidine rings is 3. The number of hydrogen-bond donors (Lipinski definition) is 2. The van der Waals surface area contributed by atoms with Gasteiger partial charge in [0, 0.05) is 89.1 Å². The number of piperazine rings is 1. The summed E-state index contributed by atoms with van der Waals surface area (Å²) < 4.78 is 37.2. The molecule has 2 aliphatic carbocycles. The van der Waals surface area contributed by atoms with Crippen molar-refractivity contribution in [3.05, 3.63) is 111 Å². The Hall–Kier alpha value is -6.07. The zero-order valence-corrected chi connectivity index (χ0v) is 41.7. The Bertz CT molecular complexity index is 2740. The van der Waals surface area contributed by atoms with Crippen LogP contribution < -0.4 is 10.9 Å². The molecule has 0 bridgehead atoms. The van der Waals surface area contributed by atoms with Gasteiger partial charge in [-0.3, -0.25) is 33.7 Å². The van der Waals surface area contributed by atoms with Crippen LogP contribution in [0.15, 0.2) is 65.5 Å². The van der Waals surface area contributed by atoms with Crippen LogP contribution in [0.25, 0.3) is 10.8 Å². The molecule has 6 fully saturated rings. The normalized spacial score (nSPS) is 21.3. The van der Waals surface area contributed by atoms with Crippen molar-refractivity contribution in [2.75, 3.05) is 72.0 Å². The molecule has 5 heterocycles. The van der Waals surface area contributed by atoms with Gasteiger partial charge in [0.1, 0.15) is 17.7 Å². The first-order chi connectivity index (χ1) is 35.4. The highest BCUT2D eigenvalue weighted by atomic mass is 19.1. The third-order valence-electron chi connectivity index (χ3n) is 16.4. The highest BCUT2D eigenvalue weighted by Crippen LogP contribution is 2.35. The van der Waals surface area contributed by atoms with Crippen molar-refractivity contribution < 1.29 is 37.5 Å². The van der Waals surface area contributed by atoms with E-state index in [9.17, 15) is 28.8 Å². The molecule has 2 atom stereocenters. The van der Waals surface area contributed by atoms with E-state index in [0.29, 0.717) is 87.1 Å². The molecule has 4 saturated heterocycles. The molecule has 4 aliphatic heterocycles. The molecule has 15 nitrogen and oxygen atoms in total. The van der Waals surface area contributed by atoms with E-state index in [1.54, 1.807) is 46.2 Å². The van der Waals surface area contributed by atoms with Crippen LogP contribution in [0.3, 0.4) is 0 Å². The third kappa shape index (κ3) is 11.8. The number of halogens is 2. The van der Waals surface area contributed by atoms with Gasteiger partial charge >= 0.3 is 0 Å². The molecule has 4 aromatic rings. The molecule has 2 N–H and O–H groups in total. The number of nitrogens with one attached hydrogen (secondary N) is 2. The summed E-state index contributed by atoms with van der Waals surface area (Å²) in [5.41, 5.74) is 1.75. The van der Waals surface area contributed by atoms with Crippen molar-refractivity contribution in [1.29, 1.82) is 0 Å². The summed E-state index contributed by atoms with van der Waals surface area (Å²) in [7, 11) is 0. The SMILES string of the molecule is O=C(NC(C(=O)N1CCC(OC2CCN(CC(=O)N3CCN(C(=O)c4cc(Cc5n[nH]c(=O)c6ccccc56)ccc4F)CC3)CC2)CC1)C1CCCCC1)c1cc(C2CCCN(C(=O)C3CC3)C2)ccc1F. The Morgan fingerprint density at radius 3 is 2.07 bits per heavy atom. The second-order valence-corrected chi connectivity index (χ2v) is 21.3. The van der Waals surface area contributed by atoms with Crippen molar-refractivity contribution in [2.24, 2.45) is 11.8 Å². The van der Waals surface area contributed by atoms with Gasteiger partial charge in [0.2, 0.25) is 17.7 Å². The summed E-state index contributed by atoms with van der Waals surface area (Å²) in [6.45, 7) is 5.28. The second kappa shape index (κ2) is 22.6. The molecule has 10 rings (SSSR count). The number of fused-ring (bicyclic) bond motifs is 1. The smallest absolute Gasteiger partial charge is 0.272 e. The minimum atomic E-state index is -0.748. The molecular weight excluding hydrogens is 935 g/mol. The van der Waals surface area contributed by atoms with Gasteiger partial charge in [0.15, 0.2) is 0 Å². The third-order valence-corrected chi connectivity index (χ3v) is 16.4. The van der Waals surface area contributed by atoms with Crippen LogP contribution in [-0.4, -0.2) is 154 Å². The number of benzene rings is 3. The predicted molar refractivity (Wildman–Crippen MR) is 270 cm³/mol. The van der Waals surface area contributed by atoms with Crippen LogP contribution in [0, 0.1) is 23.5 Å². The highest BCUT2D eigenvalue weighted by Gasteiger charge is 2.39. The van der Waals surface area contributed by atoms with Crippen molar-refractivity contribution in [1.82, 2.24) is 40.0 Å². The summed E-state index contributed by atoms with van der Waals surface area (Å²) in [5, 5.41) is 11.0. The van der Waals surface area contributed by atoms with E-state index in [-0.39, 0.29) is 84.0 Å². The lowest BCUT2D eigenvalue weighted by Crippen LogP contribution is -2.55.